The predicted octanol–water partition coefficient (Wildman–Crippen LogP) is 5.17. The number of nitrogens with zero attached hydrogens (tertiary/aromatic N) is 2. The van der Waals surface area contributed by atoms with Gasteiger partial charge in [0, 0.05) is 31.4 Å². The minimum atomic E-state index is -0.834. The number of piperidine rings is 1. The quantitative estimate of drug-likeness (QED) is 0.432. The van der Waals surface area contributed by atoms with Crippen molar-refractivity contribution in [3.8, 4) is 5.75 Å². The average Bonchev–Trinajstić information content (AvgIpc) is 2.77. The second-order valence-corrected chi connectivity index (χ2v) is 9.05. The minimum Gasteiger partial charge on any atom is -0.490 e. The summed E-state index contributed by atoms with van der Waals surface area (Å²) >= 11 is 0. The Kier molecular flexibility index (Phi) is 7.22. The highest BCUT2D eigenvalue weighted by molar-refractivity contribution is 5.65. The van der Waals surface area contributed by atoms with Gasteiger partial charge in [-0.05, 0) is 59.9 Å². The summed E-state index contributed by atoms with van der Waals surface area (Å²) in [4.78, 5) is 23.5. The zero-order chi connectivity index (χ0) is 23.3. The molecule has 0 bridgehead atoms. The number of hydrogen-bond acceptors (Lipinski definition) is 5. The molecule has 0 saturated carbocycles. The lowest BCUT2D eigenvalue weighted by atomic mass is 9.71. The fourth-order valence-corrected chi connectivity index (χ4v) is 4.44. The zero-order valence-corrected chi connectivity index (χ0v) is 18.8. The van der Waals surface area contributed by atoms with E-state index >= 15 is 0 Å². The van der Waals surface area contributed by atoms with Crippen LogP contribution in [-0.4, -0.2) is 41.2 Å². The molecule has 8 nitrogen and oxygen atoms in total. The van der Waals surface area contributed by atoms with Crippen LogP contribution in [0.15, 0.2) is 42.5 Å². The van der Waals surface area contributed by atoms with E-state index in [1.807, 2.05) is 12.1 Å². The SMILES string of the molecule is COc1cc(CNc2cccc(CC(C)(C)C3CCCN(C(=O)O)C3)c2)ccc1[N+](=O)[O-]. The Hall–Kier alpha value is -3.29. The second kappa shape index (κ2) is 9.89. The highest BCUT2D eigenvalue weighted by atomic mass is 16.6. The summed E-state index contributed by atoms with van der Waals surface area (Å²) in [7, 11) is 1.42. The van der Waals surface area contributed by atoms with Crippen LogP contribution in [0.5, 0.6) is 5.75 Å². The Balaban J connectivity index is 1.65. The lowest BCUT2D eigenvalue weighted by Crippen LogP contribution is -2.44. The average molecular weight is 442 g/mol. The smallest absolute Gasteiger partial charge is 0.407 e. The minimum absolute atomic E-state index is 0.0293. The lowest BCUT2D eigenvalue weighted by molar-refractivity contribution is -0.385. The summed E-state index contributed by atoms with van der Waals surface area (Å²) in [6, 6.07) is 13.1. The van der Waals surface area contributed by atoms with Crippen LogP contribution in [0.4, 0.5) is 16.2 Å². The fraction of sp³-hybridized carbons (Fsp3) is 0.458. The first-order chi connectivity index (χ1) is 15.2. The molecular weight excluding hydrogens is 410 g/mol. The molecule has 8 heteroatoms. The number of nitrogens with one attached hydrogen (secondary N) is 1. The van der Waals surface area contributed by atoms with Crippen molar-refractivity contribution in [1.29, 1.82) is 0 Å². The van der Waals surface area contributed by atoms with Crippen LogP contribution < -0.4 is 10.1 Å². The topological polar surface area (TPSA) is 105 Å². The summed E-state index contributed by atoms with van der Waals surface area (Å²) in [6.45, 7) is 6.15. The molecular formula is C24H31N3O5. The van der Waals surface area contributed by atoms with Crippen molar-refractivity contribution in [3.05, 3.63) is 63.7 Å². The Morgan fingerprint density at radius 3 is 2.75 bits per heavy atom. The number of hydrogen-bond donors (Lipinski definition) is 2. The number of carbonyl (C=O) groups is 1. The van der Waals surface area contributed by atoms with E-state index in [1.54, 1.807) is 12.1 Å². The van der Waals surface area contributed by atoms with Gasteiger partial charge in [-0.15, -0.1) is 0 Å². The van der Waals surface area contributed by atoms with Gasteiger partial charge in [-0.2, -0.15) is 0 Å². The van der Waals surface area contributed by atoms with Gasteiger partial charge in [0.15, 0.2) is 5.75 Å². The predicted molar refractivity (Wildman–Crippen MR) is 123 cm³/mol. The van der Waals surface area contributed by atoms with E-state index in [0.29, 0.717) is 25.6 Å². The number of methoxy groups -OCH3 is 1. The normalized spacial score (nSPS) is 16.5. The van der Waals surface area contributed by atoms with E-state index in [-0.39, 0.29) is 16.9 Å². The van der Waals surface area contributed by atoms with E-state index in [2.05, 4.69) is 31.3 Å². The van der Waals surface area contributed by atoms with Gasteiger partial charge in [-0.25, -0.2) is 4.79 Å². The molecule has 1 amide bonds. The molecule has 1 aliphatic heterocycles. The Bertz CT molecular complexity index is 976. The van der Waals surface area contributed by atoms with E-state index < -0.39 is 11.0 Å². The second-order valence-electron chi connectivity index (χ2n) is 9.05. The van der Waals surface area contributed by atoms with Gasteiger partial charge in [-0.3, -0.25) is 10.1 Å². The van der Waals surface area contributed by atoms with Gasteiger partial charge >= 0.3 is 11.8 Å². The van der Waals surface area contributed by atoms with Crippen molar-refractivity contribution < 1.29 is 19.6 Å². The number of nitro benzene ring substituents is 1. The van der Waals surface area contributed by atoms with Crippen LogP contribution in [0.25, 0.3) is 0 Å². The Morgan fingerprint density at radius 2 is 2.06 bits per heavy atom. The third-order valence-electron chi connectivity index (χ3n) is 6.32. The molecule has 0 spiro atoms. The van der Waals surface area contributed by atoms with E-state index in [0.717, 1.165) is 30.5 Å². The Labute approximate surface area is 188 Å². The van der Waals surface area contributed by atoms with E-state index in [1.165, 1.54) is 23.6 Å². The number of benzene rings is 2. The van der Waals surface area contributed by atoms with Crippen LogP contribution in [0.3, 0.4) is 0 Å². The highest BCUT2D eigenvalue weighted by Crippen LogP contribution is 2.37. The van der Waals surface area contributed by atoms with Crippen molar-refractivity contribution in [2.45, 2.75) is 39.7 Å². The monoisotopic (exact) mass is 441 g/mol. The lowest BCUT2D eigenvalue weighted by Gasteiger charge is -2.41. The summed E-state index contributed by atoms with van der Waals surface area (Å²) in [6.07, 6.45) is 1.96. The third kappa shape index (κ3) is 5.69. The maximum atomic E-state index is 11.4. The highest BCUT2D eigenvalue weighted by Gasteiger charge is 2.34. The molecule has 0 aromatic heterocycles. The van der Waals surface area contributed by atoms with Crippen LogP contribution in [0.2, 0.25) is 0 Å². The first-order valence-corrected chi connectivity index (χ1v) is 10.8. The van der Waals surface area contributed by atoms with Crippen LogP contribution >= 0.6 is 0 Å². The number of ether oxygens (including phenoxy) is 1. The molecule has 1 atom stereocenters. The number of carboxylic acid groups (broad SMARTS) is 1. The first kappa shape index (κ1) is 23.4. The van der Waals surface area contributed by atoms with Gasteiger partial charge in [-0.1, -0.05) is 32.0 Å². The maximum Gasteiger partial charge on any atom is 0.407 e. The third-order valence-corrected chi connectivity index (χ3v) is 6.32. The molecule has 0 aliphatic carbocycles. The molecule has 1 unspecified atom stereocenters. The summed E-state index contributed by atoms with van der Waals surface area (Å²) < 4.78 is 5.14. The molecule has 1 aliphatic rings. The Morgan fingerprint density at radius 1 is 1.28 bits per heavy atom. The zero-order valence-electron chi connectivity index (χ0n) is 18.8. The van der Waals surface area contributed by atoms with Gasteiger partial charge in [0.1, 0.15) is 0 Å². The largest absolute Gasteiger partial charge is 0.490 e. The molecule has 172 valence electrons. The fourth-order valence-electron chi connectivity index (χ4n) is 4.44. The standard InChI is InChI=1S/C24H31N3O5/c1-24(2,19-7-5-11-26(16-19)23(28)29)14-17-6-4-8-20(12-17)25-15-18-9-10-21(27(30)31)22(13-18)32-3/h4,6,8-10,12-13,19,25H,5,7,11,14-16H2,1-3H3,(H,28,29). The molecule has 1 heterocycles. The maximum absolute atomic E-state index is 11.4. The summed E-state index contributed by atoms with van der Waals surface area (Å²) in [5, 5.41) is 23.8. The van der Waals surface area contributed by atoms with Crippen molar-refractivity contribution >= 4 is 17.5 Å². The number of nitro groups is 1. The van der Waals surface area contributed by atoms with Crippen molar-refractivity contribution in [2.24, 2.45) is 11.3 Å². The van der Waals surface area contributed by atoms with Crippen molar-refractivity contribution in [1.82, 2.24) is 4.90 Å². The molecule has 2 N–H and O–H groups in total. The van der Waals surface area contributed by atoms with Crippen LogP contribution in [0.1, 0.15) is 37.8 Å². The number of likely N-dealkylation sites (tertiary alicyclic amines) is 1. The number of rotatable bonds is 8. The molecule has 1 saturated heterocycles. The molecule has 1 fully saturated rings. The number of anilines is 1. The molecule has 2 aromatic carbocycles. The van der Waals surface area contributed by atoms with Crippen LogP contribution in [-0.2, 0) is 13.0 Å². The molecule has 3 rings (SSSR count). The molecule has 0 radical (unpaired) electrons. The molecule has 2 aromatic rings. The summed E-state index contributed by atoms with van der Waals surface area (Å²) in [5.41, 5.74) is 2.96. The molecule has 32 heavy (non-hydrogen) atoms. The first-order valence-electron chi connectivity index (χ1n) is 10.8. The van der Waals surface area contributed by atoms with Crippen molar-refractivity contribution in [2.75, 3.05) is 25.5 Å². The van der Waals surface area contributed by atoms with Gasteiger partial charge in [0.25, 0.3) is 0 Å². The van der Waals surface area contributed by atoms with Gasteiger partial charge in [0.05, 0.1) is 12.0 Å². The summed E-state index contributed by atoms with van der Waals surface area (Å²) in [5.74, 6) is 0.559. The van der Waals surface area contributed by atoms with E-state index in [4.69, 9.17) is 4.74 Å². The van der Waals surface area contributed by atoms with Gasteiger partial charge in [0.2, 0.25) is 0 Å². The van der Waals surface area contributed by atoms with Crippen LogP contribution in [0, 0.1) is 21.4 Å². The van der Waals surface area contributed by atoms with E-state index in [9.17, 15) is 20.0 Å². The van der Waals surface area contributed by atoms with Gasteiger partial charge < -0.3 is 20.1 Å². The van der Waals surface area contributed by atoms with Crippen molar-refractivity contribution in [3.63, 3.8) is 0 Å². The number of amides is 1.